The van der Waals surface area contributed by atoms with Crippen molar-refractivity contribution in [3.63, 3.8) is 0 Å². The van der Waals surface area contributed by atoms with E-state index in [-0.39, 0.29) is 30.4 Å². The van der Waals surface area contributed by atoms with Gasteiger partial charge < -0.3 is 9.64 Å². The Morgan fingerprint density at radius 1 is 0.967 bits per heavy atom. The summed E-state index contributed by atoms with van der Waals surface area (Å²) in [7, 11) is 0. The van der Waals surface area contributed by atoms with E-state index in [9.17, 15) is 14.4 Å². The Hall–Kier alpha value is -3.48. The van der Waals surface area contributed by atoms with Crippen LogP contribution in [0.1, 0.15) is 30.9 Å². The third-order valence-corrected chi connectivity index (χ3v) is 5.34. The Morgan fingerprint density at radius 2 is 1.67 bits per heavy atom. The number of ether oxygens (including phenoxy) is 1. The minimum Gasteiger partial charge on any atom is -0.448 e. The number of benzene rings is 2. The van der Waals surface area contributed by atoms with Crippen molar-refractivity contribution in [3.8, 4) is 0 Å². The Morgan fingerprint density at radius 3 is 2.43 bits per heavy atom. The number of para-hydroxylation sites is 1. The first-order chi connectivity index (χ1) is 14.5. The number of hydrogen-bond acceptors (Lipinski definition) is 5. The van der Waals surface area contributed by atoms with Crippen LogP contribution in [0.4, 0.5) is 5.69 Å². The second-order valence-electron chi connectivity index (χ2n) is 7.41. The van der Waals surface area contributed by atoms with E-state index in [4.69, 9.17) is 4.74 Å². The maximum atomic E-state index is 12.8. The van der Waals surface area contributed by atoms with Crippen molar-refractivity contribution in [2.24, 2.45) is 5.10 Å². The van der Waals surface area contributed by atoms with Gasteiger partial charge in [-0.1, -0.05) is 42.5 Å². The largest absolute Gasteiger partial charge is 0.448 e. The predicted octanol–water partition coefficient (Wildman–Crippen LogP) is 2.69. The van der Waals surface area contributed by atoms with E-state index in [1.807, 2.05) is 24.3 Å². The molecule has 0 fully saturated rings. The summed E-state index contributed by atoms with van der Waals surface area (Å²) in [6, 6.07) is 16.9. The Labute approximate surface area is 174 Å². The lowest BCUT2D eigenvalue weighted by Crippen LogP contribution is -2.44. The number of amides is 2. The van der Waals surface area contributed by atoms with E-state index in [1.54, 1.807) is 36.1 Å². The summed E-state index contributed by atoms with van der Waals surface area (Å²) in [5.41, 5.74) is 3.09. The molecule has 0 saturated heterocycles. The molecule has 0 spiro atoms. The van der Waals surface area contributed by atoms with Crippen LogP contribution in [0, 0.1) is 0 Å². The molecular formula is C23H23N3O4. The minimum atomic E-state index is -0.923. The van der Waals surface area contributed by atoms with Crippen molar-refractivity contribution in [3.05, 3.63) is 65.7 Å². The molecule has 0 bridgehead atoms. The molecule has 2 aromatic carbocycles. The number of hydrazone groups is 1. The highest BCUT2D eigenvalue weighted by molar-refractivity contribution is 6.38. The van der Waals surface area contributed by atoms with Gasteiger partial charge in [-0.25, -0.2) is 9.80 Å². The molecule has 2 aliphatic rings. The van der Waals surface area contributed by atoms with Crippen LogP contribution >= 0.6 is 0 Å². The fraction of sp³-hybridized carbons (Fsp3) is 0.304. The number of hydrogen-bond donors (Lipinski definition) is 0. The average molecular weight is 405 g/mol. The average Bonchev–Trinajstić information content (AvgIpc) is 2.79. The number of fused-ring (bicyclic) bond motifs is 1. The molecular weight excluding hydrogens is 382 g/mol. The van der Waals surface area contributed by atoms with Crippen molar-refractivity contribution in [1.82, 2.24) is 4.90 Å². The Balaban J connectivity index is 1.42. The maximum Gasteiger partial charge on any atom is 0.355 e. The molecule has 2 aliphatic heterocycles. The molecule has 4 rings (SSSR count). The summed E-state index contributed by atoms with van der Waals surface area (Å²) in [4.78, 5) is 39.3. The van der Waals surface area contributed by atoms with Crippen LogP contribution in [0.3, 0.4) is 0 Å². The summed E-state index contributed by atoms with van der Waals surface area (Å²) in [5.74, 6) is -1.08. The Bertz CT molecular complexity index is 1000. The first kappa shape index (κ1) is 19.8. The van der Waals surface area contributed by atoms with Gasteiger partial charge in [0.05, 0.1) is 5.69 Å². The van der Waals surface area contributed by atoms with Gasteiger partial charge in [-0.05, 0) is 36.6 Å². The van der Waals surface area contributed by atoms with Gasteiger partial charge in [0.2, 0.25) is 5.91 Å². The lowest BCUT2D eigenvalue weighted by atomic mass is 9.99. The van der Waals surface area contributed by atoms with Gasteiger partial charge in [0.25, 0.3) is 5.91 Å². The molecule has 7 nitrogen and oxygen atoms in total. The van der Waals surface area contributed by atoms with Crippen LogP contribution in [0.5, 0.6) is 0 Å². The highest BCUT2D eigenvalue weighted by atomic mass is 16.5. The number of anilines is 1. The first-order valence-corrected chi connectivity index (χ1v) is 10.0. The van der Waals surface area contributed by atoms with Gasteiger partial charge >= 0.3 is 5.97 Å². The van der Waals surface area contributed by atoms with E-state index < -0.39 is 12.1 Å². The molecule has 2 amide bonds. The quantitative estimate of drug-likeness (QED) is 0.733. The van der Waals surface area contributed by atoms with E-state index in [0.717, 1.165) is 12.0 Å². The molecule has 154 valence electrons. The minimum absolute atomic E-state index is 0.141. The highest BCUT2D eigenvalue weighted by Crippen LogP contribution is 2.21. The second kappa shape index (κ2) is 8.49. The maximum absolute atomic E-state index is 12.8. The Kier molecular flexibility index (Phi) is 5.61. The topological polar surface area (TPSA) is 79.3 Å². The van der Waals surface area contributed by atoms with Crippen LogP contribution in [-0.4, -0.2) is 41.0 Å². The van der Waals surface area contributed by atoms with Crippen molar-refractivity contribution in [2.45, 2.75) is 38.8 Å². The molecule has 0 aromatic heterocycles. The smallest absolute Gasteiger partial charge is 0.355 e. The SMILES string of the molecule is C[C@@H](OC(=O)C1=NN(c2ccccc2)C(=O)CC1)C(=O)N1CCc2ccccc2C1. The monoisotopic (exact) mass is 405 g/mol. The molecule has 2 aromatic rings. The van der Waals surface area contributed by atoms with Gasteiger partial charge in [-0.3, -0.25) is 9.59 Å². The lowest BCUT2D eigenvalue weighted by Gasteiger charge is -2.31. The standard InChI is InChI=1S/C23H23N3O4/c1-16(22(28)25-14-13-17-7-5-6-8-18(17)15-25)30-23(29)20-11-12-21(27)26(24-20)19-9-3-2-4-10-19/h2-10,16H,11-15H2,1H3/t16-/m1/s1. The molecule has 1 atom stereocenters. The number of esters is 1. The predicted molar refractivity (Wildman–Crippen MR) is 112 cm³/mol. The zero-order valence-corrected chi connectivity index (χ0v) is 16.8. The van der Waals surface area contributed by atoms with Crippen molar-refractivity contribution in [1.29, 1.82) is 0 Å². The summed E-state index contributed by atoms with van der Waals surface area (Å²) >= 11 is 0. The number of carbonyl (C=O) groups excluding carboxylic acids is 3. The summed E-state index contributed by atoms with van der Waals surface area (Å²) in [5, 5.41) is 5.41. The molecule has 2 heterocycles. The summed E-state index contributed by atoms with van der Waals surface area (Å²) < 4.78 is 5.41. The first-order valence-electron chi connectivity index (χ1n) is 10.0. The van der Waals surface area contributed by atoms with Gasteiger partial charge in [0.15, 0.2) is 6.10 Å². The fourth-order valence-electron chi connectivity index (χ4n) is 3.69. The van der Waals surface area contributed by atoms with Crippen LogP contribution in [0.25, 0.3) is 0 Å². The van der Waals surface area contributed by atoms with Gasteiger partial charge in [0, 0.05) is 25.9 Å². The zero-order valence-electron chi connectivity index (χ0n) is 16.8. The fourth-order valence-corrected chi connectivity index (χ4v) is 3.69. The zero-order chi connectivity index (χ0) is 21.1. The van der Waals surface area contributed by atoms with Crippen LogP contribution < -0.4 is 5.01 Å². The number of carbonyl (C=O) groups is 3. The van der Waals surface area contributed by atoms with Crippen molar-refractivity contribution < 1.29 is 19.1 Å². The molecule has 0 unspecified atom stereocenters. The summed E-state index contributed by atoms with van der Waals surface area (Å²) in [6.07, 6.45) is 0.213. The van der Waals surface area contributed by atoms with Gasteiger partial charge in [0.1, 0.15) is 5.71 Å². The van der Waals surface area contributed by atoms with Crippen molar-refractivity contribution in [2.75, 3.05) is 11.6 Å². The van der Waals surface area contributed by atoms with Crippen molar-refractivity contribution >= 4 is 29.2 Å². The van der Waals surface area contributed by atoms with E-state index in [1.165, 1.54) is 10.6 Å². The number of nitrogens with zero attached hydrogens (tertiary/aromatic N) is 3. The molecule has 30 heavy (non-hydrogen) atoms. The van der Waals surface area contributed by atoms with E-state index in [2.05, 4.69) is 11.2 Å². The molecule has 0 radical (unpaired) electrons. The molecule has 0 saturated carbocycles. The van der Waals surface area contributed by atoms with E-state index in [0.29, 0.717) is 18.8 Å². The second-order valence-corrected chi connectivity index (χ2v) is 7.41. The molecule has 0 N–H and O–H groups in total. The molecule has 7 heteroatoms. The lowest BCUT2D eigenvalue weighted by molar-refractivity contribution is -0.154. The van der Waals surface area contributed by atoms with E-state index >= 15 is 0 Å². The van der Waals surface area contributed by atoms with Crippen LogP contribution in [-0.2, 0) is 32.1 Å². The normalized spacial score (nSPS) is 17.1. The third kappa shape index (κ3) is 4.10. The highest BCUT2D eigenvalue weighted by Gasteiger charge is 2.31. The van der Waals surface area contributed by atoms with Gasteiger partial charge in [-0.2, -0.15) is 5.10 Å². The van der Waals surface area contributed by atoms with Crippen LogP contribution in [0.2, 0.25) is 0 Å². The summed E-state index contributed by atoms with van der Waals surface area (Å²) in [6.45, 7) is 2.67. The van der Waals surface area contributed by atoms with Gasteiger partial charge in [-0.15, -0.1) is 0 Å². The molecule has 0 aliphatic carbocycles. The van der Waals surface area contributed by atoms with Crippen LogP contribution in [0.15, 0.2) is 59.7 Å². The third-order valence-electron chi connectivity index (χ3n) is 5.34. The number of rotatable bonds is 4.